The lowest BCUT2D eigenvalue weighted by Gasteiger charge is -2.39. The van der Waals surface area contributed by atoms with Crippen LogP contribution in [0.1, 0.15) is 44.9 Å². The van der Waals surface area contributed by atoms with Crippen LogP contribution in [0.4, 0.5) is 0 Å². The van der Waals surface area contributed by atoms with Crippen LogP contribution in [0.3, 0.4) is 0 Å². The minimum Gasteiger partial charge on any atom is -0.385 e. The maximum absolute atomic E-state index is 12.5. The second kappa shape index (κ2) is 7.68. The van der Waals surface area contributed by atoms with Crippen LogP contribution in [0, 0.1) is 11.3 Å². The normalized spacial score (nSPS) is 25.9. The molecule has 0 saturated carbocycles. The number of rotatable bonds is 6. The molecule has 1 spiro atoms. The molecule has 1 atom stereocenters. The molecule has 24 heavy (non-hydrogen) atoms. The van der Waals surface area contributed by atoms with Crippen molar-refractivity contribution in [2.24, 2.45) is 11.3 Å². The highest BCUT2D eigenvalue weighted by Crippen LogP contribution is 2.41. The minimum atomic E-state index is 0.105. The highest BCUT2D eigenvalue weighted by atomic mass is 16.5. The van der Waals surface area contributed by atoms with E-state index in [-0.39, 0.29) is 11.3 Å². The van der Waals surface area contributed by atoms with Gasteiger partial charge in [-0.3, -0.25) is 9.59 Å². The number of hydrogen-bond acceptors (Lipinski definition) is 3. The number of amides is 2. The molecule has 3 aliphatic rings. The fourth-order valence-corrected chi connectivity index (χ4v) is 4.37. The number of carbonyl (C=O) groups excluding carboxylic acids is 2. The lowest BCUT2D eigenvalue weighted by atomic mass is 9.77. The topological polar surface area (TPSA) is 49.9 Å². The molecular formula is C19H30N2O3. The molecule has 1 aliphatic carbocycles. The van der Waals surface area contributed by atoms with E-state index in [4.69, 9.17) is 4.74 Å². The summed E-state index contributed by atoms with van der Waals surface area (Å²) in [7, 11) is 1.70. The summed E-state index contributed by atoms with van der Waals surface area (Å²) in [4.78, 5) is 28.8. The van der Waals surface area contributed by atoms with Crippen molar-refractivity contribution in [3.63, 3.8) is 0 Å². The van der Waals surface area contributed by atoms with Crippen molar-refractivity contribution >= 4 is 11.8 Å². The van der Waals surface area contributed by atoms with Crippen molar-refractivity contribution in [2.75, 3.05) is 39.9 Å². The quantitative estimate of drug-likeness (QED) is 0.553. The van der Waals surface area contributed by atoms with Crippen molar-refractivity contribution in [3.8, 4) is 0 Å². The van der Waals surface area contributed by atoms with Gasteiger partial charge < -0.3 is 14.5 Å². The summed E-state index contributed by atoms with van der Waals surface area (Å²) in [5.41, 5.74) is 0.105. The number of likely N-dealkylation sites (tertiary alicyclic amines) is 2. The van der Waals surface area contributed by atoms with Crippen LogP contribution >= 0.6 is 0 Å². The molecule has 0 radical (unpaired) electrons. The fraction of sp³-hybridized carbons (Fsp3) is 0.789. The molecule has 0 aromatic carbocycles. The molecule has 3 rings (SSSR count). The molecule has 0 bridgehead atoms. The lowest BCUT2D eigenvalue weighted by molar-refractivity contribution is -0.134. The van der Waals surface area contributed by atoms with Gasteiger partial charge in [0.05, 0.1) is 0 Å². The third-order valence-electron chi connectivity index (χ3n) is 5.91. The van der Waals surface area contributed by atoms with E-state index >= 15 is 0 Å². The van der Waals surface area contributed by atoms with E-state index < -0.39 is 0 Å². The highest BCUT2D eigenvalue weighted by molar-refractivity contribution is 5.80. The first-order chi connectivity index (χ1) is 11.6. The van der Waals surface area contributed by atoms with Crippen LogP contribution in [0.5, 0.6) is 0 Å². The van der Waals surface area contributed by atoms with Crippen LogP contribution in [-0.4, -0.2) is 61.5 Å². The van der Waals surface area contributed by atoms with Gasteiger partial charge in [-0.1, -0.05) is 12.2 Å². The van der Waals surface area contributed by atoms with Crippen LogP contribution in [-0.2, 0) is 14.3 Å². The molecule has 0 unspecified atom stereocenters. The summed E-state index contributed by atoms with van der Waals surface area (Å²) >= 11 is 0. The maximum atomic E-state index is 12.5. The molecule has 0 aromatic heterocycles. The maximum Gasteiger partial charge on any atom is 0.223 e. The van der Waals surface area contributed by atoms with Gasteiger partial charge in [-0.05, 0) is 38.0 Å². The largest absolute Gasteiger partial charge is 0.385 e. The van der Waals surface area contributed by atoms with Crippen LogP contribution < -0.4 is 0 Å². The Labute approximate surface area is 145 Å². The summed E-state index contributed by atoms with van der Waals surface area (Å²) in [5.74, 6) is 1.02. The van der Waals surface area contributed by atoms with Gasteiger partial charge in [0.15, 0.2) is 0 Å². The monoisotopic (exact) mass is 334 g/mol. The molecule has 2 saturated heterocycles. The first kappa shape index (κ1) is 17.5. The van der Waals surface area contributed by atoms with Gasteiger partial charge >= 0.3 is 0 Å². The molecule has 134 valence electrons. The fourth-order valence-electron chi connectivity index (χ4n) is 4.37. The van der Waals surface area contributed by atoms with Gasteiger partial charge in [-0.25, -0.2) is 0 Å². The molecule has 2 fully saturated rings. The number of piperidine rings is 1. The molecule has 5 heteroatoms. The zero-order valence-corrected chi connectivity index (χ0v) is 14.8. The first-order valence-corrected chi connectivity index (χ1v) is 9.33. The van der Waals surface area contributed by atoms with E-state index in [9.17, 15) is 9.59 Å². The average Bonchev–Trinajstić information content (AvgIpc) is 3.17. The Balaban J connectivity index is 1.46. The van der Waals surface area contributed by atoms with E-state index in [0.29, 0.717) is 31.3 Å². The van der Waals surface area contributed by atoms with Gasteiger partial charge in [-0.15, -0.1) is 0 Å². The van der Waals surface area contributed by atoms with Gasteiger partial charge in [0.1, 0.15) is 0 Å². The smallest absolute Gasteiger partial charge is 0.223 e. The van der Waals surface area contributed by atoms with Gasteiger partial charge in [0.25, 0.3) is 0 Å². The van der Waals surface area contributed by atoms with E-state index in [1.54, 1.807) is 7.11 Å². The molecular weight excluding hydrogens is 304 g/mol. The van der Waals surface area contributed by atoms with Crippen LogP contribution in [0.15, 0.2) is 12.2 Å². The number of nitrogens with zero attached hydrogens (tertiary/aromatic N) is 2. The third-order valence-corrected chi connectivity index (χ3v) is 5.91. The van der Waals surface area contributed by atoms with Gasteiger partial charge in [0.2, 0.25) is 11.8 Å². The third kappa shape index (κ3) is 4.00. The Hall–Kier alpha value is -1.36. The lowest BCUT2D eigenvalue weighted by Crippen LogP contribution is -2.44. The van der Waals surface area contributed by atoms with Crippen molar-refractivity contribution in [1.29, 1.82) is 0 Å². The molecule has 0 aromatic rings. The van der Waals surface area contributed by atoms with E-state index in [1.807, 2.05) is 9.80 Å². The number of hydrogen-bond donors (Lipinski definition) is 0. The SMILES string of the molecule is COCCCN1CC2(CCN(C(=O)C[C@H]3C=CCC3)CC2)CC1=O. The number of methoxy groups -OCH3 is 1. The Bertz CT molecular complexity index is 495. The predicted molar refractivity (Wildman–Crippen MR) is 92.4 cm³/mol. The minimum absolute atomic E-state index is 0.105. The number of allylic oxidation sites excluding steroid dienone is 2. The molecule has 5 nitrogen and oxygen atoms in total. The predicted octanol–water partition coefficient (Wildman–Crippen LogP) is 2.22. The Morgan fingerprint density at radius 1 is 1.38 bits per heavy atom. The Morgan fingerprint density at radius 2 is 2.17 bits per heavy atom. The van der Waals surface area contributed by atoms with E-state index in [1.165, 1.54) is 0 Å². The highest BCUT2D eigenvalue weighted by Gasteiger charge is 2.45. The van der Waals surface area contributed by atoms with Gasteiger partial charge in [0, 0.05) is 58.2 Å². The zero-order valence-electron chi connectivity index (χ0n) is 14.8. The Morgan fingerprint density at radius 3 is 2.83 bits per heavy atom. The summed E-state index contributed by atoms with van der Waals surface area (Å²) in [6.45, 7) is 3.99. The summed E-state index contributed by atoms with van der Waals surface area (Å²) < 4.78 is 5.08. The Kier molecular flexibility index (Phi) is 5.59. The van der Waals surface area contributed by atoms with Crippen LogP contribution in [0.25, 0.3) is 0 Å². The first-order valence-electron chi connectivity index (χ1n) is 9.33. The molecule has 0 N–H and O–H groups in total. The van der Waals surface area contributed by atoms with Gasteiger partial charge in [-0.2, -0.15) is 0 Å². The molecule has 2 heterocycles. The summed E-state index contributed by atoms with van der Waals surface area (Å²) in [5, 5.41) is 0. The second-order valence-corrected chi connectivity index (χ2v) is 7.69. The average molecular weight is 334 g/mol. The van der Waals surface area contributed by atoms with E-state index in [0.717, 1.165) is 58.3 Å². The number of ether oxygens (including phenoxy) is 1. The van der Waals surface area contributed by atoms with E-state index in [2.05, 4.69) is 12.2 Å². The second-order valence-electron chi connectivity index (χ2n) is 7.69. The molecule has 2 amide bonds. The van der Waals surface area contributed by atoms with Crippen LogP contribution in [0.2, 0.25) is 0 Å². The summed E-state index contributed by atoms with van der Waals surface area (Å²) in [6.07, 6.45) is 10.8. The summed E-state index contributed by atoms with van der Waals surface area (Å²) in [6, 6.07) is 0. The number of carbonyl (C=O) groups is 2. The van der Waals surface area contributed by atoms with Crippen molar-refractivity contribution in [3.05, 3.63) is 12.2 Å². The molecule has 2 aliphatic heterocycles. The zero-order chi connectivity index (χ0) is 17.0. The van der Waals surface area contributed by atoms with Crippen molar-refractivity contribution < 1.29 is 14.3 Å². The van der Waals surface area contributed by atoms with Crippen molar-refractivity contribution in [2.45, 2.75) is 44.9 Å². The van der Waals surface area contributed by atoms with Crippen molar-refractivity contribution in [1.82, 2.24) is 9.80 Å². The standard InChI is InChI=1S/C19H30N2O3/c1-24-12-4-9-21-15-19(14-18(21)23)7-10-20(11-8-19)17(22)13-16-5-2-3-6-16/h2,5,16H,3-4,6-15H2,1H3/t16-/m0/s1.